The molecule has 0 bridgehead atoms. The average molecular weight is 271 g/mol. The van der Waals surface area contributed by atoms with E-state index in [9.17, 15) is 14.4 Å². The van der Waals surface area contributed by atoms with Gasteiger partial charge in [-0.25, -0.2) is 9.59 Å². The zero-order chi connectivity index (χ0) is 14.6. The molecule has 1 fully saturated rings. The van der Waals surface area contributed by atoms with E-state index in [4.69, 9.17) is 5.11 Å². The van der Waals surface area contributed by atoms with Crippen LogP contribution in [0.25, 0.3) is 0 Å². The van der Waals surface area contributed by atoms with Gasteiger partial charge in [0.25, 0.3) is 0 Å². The van der Waals surface area contributed by atoms with Crippen molar-refractivity contribution in [1.82, 2.24) is 15.5 Å². The standard InChI is InChI=1S/C12H21N3O4/c1-12(2,3)14-9(16)7-13-11(19)15-6-4-5-8(15)10(17)18/h8H,4-7H2,1-3H3,(H,13,19)(H,14,16)(H,17,18)/t8-/m0/s1. The van der Waals surface area contributed by atoms with Crippen molar-refractivity contribution in [2.24, 2.45) is 0 Å². The molecule has 1 rings (SSSR count). The number of carboxylic acid groups (broad SMARTS) is 1. The van der Waals surface area contributed by atoms with Crippen LogP contribution in [0.2, 0.25) is 0 Å². The van der Waals surface area contributed by atoms with Crippen LogP contribution in [0.3, 0.4) is 0 Å². The van der Waals surface area contributed by atoms with Crippen LogP contribution in [0.4, 0.5) is 4.79 Å². The fourth-order valence-corrected chi connectivity index (χ4v) is 1.99. The number of nitrogens with one attached hydrogen (secondary N) is 2. The molecule has 108 valence electrons. The van der Waals surface area contributed by atoms with E-state index in [1.807, 2.05) is 20.8 Å². The molecule has 0 spiro atoms. The summed E-state index contributed by atoms with van der Waals surface area (Å²) in [5, 5.41) is 14.1. The van der Waals surface area contributed by atoms with Crippen molar-refractivity contribution < 1.29 is 19.5 Å². The molecular formula is C12H21N3O4. The van der Waals surface area contributed by atoms with E-state index < -0.39 is 18.0 Å². The second-order valence-electron chi connectivity index (χ2n) is 5.65. The van der Waals surface area contributed by atoms with E-state index in [1.165, 1.54) is 4.90 Å². The number of carbonyl (C=O) groups is 3. The van der Waals surface area contributed by atoms with Crippen molar-refractivity contribution in [3.8, 4) is 0 Å². The molecule has 7 nitrogen and oxygen atoms in total. The van der Waals surface area contributed by atoms with Gasteiger partial charge >= 0.3 is 12.0 Å². The Hall–Kier alpha value is -1.79. The molecule has 19 heavy (non-hydrogen) atoms. The van der Waals surface area contributed by atoms with Crippen LogP contribution in [0, 0.1) is 0 Å². The van der Waals surface area contributed by atoms with Crippen LogP contribution in [0.15, 0.2) is 0 Å². The Kier molecular flexibility index (Phi) is 4.74. The highest BCUT2D eigenvalue weighted by atomic mass is 16.4. The second kappa shape index (κ2) is 5.90. The minimum Gasteiger partial charge on any atom is -0.480 e. The molecule has 0 aromatic carbocycles. The topological polar surface area (TPSA) is 98.7 Å². The zero-order valence-electron chi connectivity index (χ0n) is 11.5. The summed E-state index contributed by atoms with van der Waals surface area (Å²) in [6.45, 7) is 5.78. The number of amides is 3. The highest BCUT2D eigenvalue weighted by Crippen LogP contribution is 2.17. The number of carbonyl (C=O) groups excluding carboxylic acids is 2. The van der Waals surface area contributed by atoms with Crippen LogP contribution in [0.1, 0.15) is 33.6 Å². The zero-order valence-corrected chi connectivity index (χ0v) is 11.5. The Morgan fingerprint density at radius 3 is 2.47 bits per heavy atom. The summed E-state index contributed by atoms with van der Waals surface area (Å²) in [6, 6.07) is -1.29. The van der Waals surface area contributed by atoms with E-state index in [0.717, 1.165) is 0 Å². The van der Waals surface area contributed by atoms with E-state index in [1.54, 1.807) is 0 Å². The Morgan fingerprint density at radius 1 is 1.32 bits per heavy atom. The number of urea groups is 1. The molecule has 1 aliphatic heterocycles. The van der Waals surface area contributed by atoms with Crippen molar-refractivity contribution in [2.45, 2.75) is 45.2 Å². The number of hydrogen-bond donors (Lipinski definition) is 3. The summed E-state index contributed by atoms with van der Waals surface area (Å²) in [4.78, 5) is 35.5. The minimum atomic E-state index is -1.01. The van der Waals surface area contributed by atoms with Crippen LogP contribution < -0.4 is 10.6 Å². The normalized spacial score (nSPS) is 19.1. The van der Waals surface area contributed by atoms with Gasteiger partial charge in [0, 0.05) is 12.1 Å². The molecule has 1 saturated heterocycles. The molecule has 1 heterocycles. The maximum absolute atomic E-state index is 11.8. The van der Waals surface area contributed by atoms with Crippen LogP contribution in [-0.2, 0) is 9.59 Å². The molecule has 7 heteroatoms. The smallest absolute Gasteiger partial charge is 0.326 e. The summed E-state index contributed by atoms with van der Waals surface area (Å²) in [5.41, 5.74) is -0.362. The minimum absolute atomic E-state index is 0.154. The van der Waals surface area contributed by atoms with Crippen molar-refractivity contribution >= 4 is 17.9 Å². The van der Waals surface area contributed by atoms with Crippen LogP contribution in [-0.4, -0.2) is 52.6 Å². The van der Waals surface area contributed by atoms with Crippen molar-refractivity contribution in [2.75, 3.05) is 13.1 Å². The third-order valence-electron chi connectivity index (χ3n) is 2.71. The Morgan fingerprint density at radius 2 is 1.95 bits per heavy atom. The fourth-order valence-electron chi connectivity index (χ4n) is 1.99. The molecule has 3 N–H and O–H groups in total. The van der Waals surface area contributed by atoms with Gasteiger partial charge in [-0.05, 0) is 33.6 Å². The van der Waals surface area contributed by atoms with E-state index in [0.29, 0.717) is 19.4 Å². The lowest BCUT2D eigenvalue weighted by atomic mass is 10.1. The number of carboxylic acids is 1. The number of aliphatic carboxylic acids is 1. The molecule has 1 atom stereocenters. The summed E-state index contributed by atoms with van der Waals surface area (Å²) < 4.78 is 0. The largest absolute Gasteiger partial charge is 0.480 e. The molecule has 0 unspecified atom stereocenters. The molecule has 1 aliphatic rings. The predicted octanol–water partition coefficient (Wildman–Crippen LogP) is 0.160. The number of rotatable bonds is 3. The van der Waals surface area contributed by atoms with Gasteiger partial charge < -0.3 is 20.6 Å². The van der Waals surface area contributed by atoms with Crippen LogP contribution in [0.5, 0.6) is 0 Å². The van der Waals surface area contributed by atoms with Gasteiger partial charge in [-0.3, -0.25) is 4.79 Å². The third-order valence-corrected chi connectivity index (χ3v) is 2.71. The Labute approximate surface area is 112 Å². The van der Waals surface area contributed by atoms with Gasteiger partial charge in [0.1, 0.15) is 6.04 Å². The van der Waals surface area contributed by atoms with Gasteiger partial charge in [-0.15, -0.1) is 0 Å². The van der Waals surface area contributed by atoms with E-state index in [2.05, 4.69) is 10.6 Å². The van der Waals surface area contributed by atoms with E-state index in [-0.39, 0.29) is 18.0 Å². The molecule has 0 aliphatic carbocycles. The van der Waals surface area contributed by atoms with Gasteiger partial charge in [0.05, 0.1) is 6.54 Å². The van der Waals surface area contributed by atoms with Gasteiger partial charge in [0.15, 0.2) is 0 Å². The summed E-state index contributed by atoms with van der Waals surface area (Å²) in [7, 11) is 0. The van der Waals surface area contributed by atoms with Crippen LogP contribution >= 0.6 is 0 Å². The lowest BCUT2D eigenvalue weighted by molar-refractivity contribution is -0.141. The van der Waals surface area contributed by atoms with Gasteiger partial charge in [-0.1, -0.05) is 0 Å². The molecule has 0 radical (unpaired) electrons. The molecule has 3 amide bonds. The predicted molar refractivity (Wildman–Crippen MR) is 68.7 cm³/mol. The molecule has 0 aromatic rings. The Bertz CT molecular complexity index is 376. The first-order valence-electron chi connectivity index (χ1n) is 6.29. The third kappa shape index (κ3) is 4.76. The number of likely N-dealkylation sites (tertiary alicyclic amines) is 1. The number of hydrogen-bond acceptors (Lipinski definition) is 3. The first-order valence-corrected chi connectivity index (χ1v) is 6.29. The van der Waals surface area contributed by atoms with Crippen molar-refractivity contribution in [1.29, 1.82) is 0 Å². The van der Waals surface area contributed by atoms with E-state index >= 15 is 0 Å². The maximum Gasteiger partial charge on any atom is 0.326 e. The summed E-state index contributed by atoms with van der Waals surface area (Å²) in [6.07, 6.45) is 1.12. The second-order valence-corrected chi connectivity index (χ2v) is 5.65. The average Bonchev–Trinajstić information content (AvgIpc) is 2.72. The lowest BCUT2D eigenvalue weighted by Gasteiger charge is -2.23. The fraction of sp³-hybridized carbons (Fsp3) is 0.750. The molecule has 0 aromatic heterocycles. The molecule has 0 saturated carbocycles. The first kappa shape index (κ1) is 15.3. The van der Waals surface area contributed by atoms with Gasteiger partial charge in [-0.2, -0.15) is 0 Å². The van der Waals surface area contributed by atoms with Crippen molar-refractivity contribution in [3.63, 3.8) is 0 Å². The monoisotopic (exact) mass is 271 g/mol. The summed E-state index contributed by atoms with van der Waals surface area (Å²) in [5.74, 6) is -1.31. The molecular weight excluding hydrogens is 250 g/mol. The van der Waals surface area contributed by atoms with Crippen molar-refractivity contribution in [3.05, 3.63) is 0 Å². The maximum atomic E-state index is 11.8. The lowest BCUT2D eigenvalue weighted by Crippen LogP contribution is -2.50. The SMILES string of the molecule is CC(C)(C)NC(=O)CNC(=O)N1CCC[C@H]1C(=O)O. The van der Waals surface area contributed by atoms with Gasteiger partial charge in [0.2, 0.25) is 5.91 Å². The Balaban J connectivity index is 2.43. The quantitative estimate of drug-likeness (QED) is 0.681. The highest BCUT2D eigenvalue weighted by molar-refractivity contribution is 5.87. The highest BCUT2D eigenvalue weighted by Gasteiger charge is 2.34. The summed E-state index contributed by atoms with van der Waals surface area (Å²) >= 11 is 0. The first-order chi connectivity index (χ1) is 8.70. The number of nitrogens with zero attached hydrogens (tertiary/aromatic N) is 1.